The molecule has 6 heteroatoms. The summed E-state index contributed by atoms with van der Waals surface area (Å²) in [5, 5.41) is 10.1. The van der Waals surface area contributed by atoms with Gasteiger partial charge in [0.05, 0.1) is 5.60 Å². The summed E-state index contributed by atoms with van der Waals surface area (Å²) < 4.78 is 5.76. The molecule has 0 spiro atoms. The van der Waals surface area contributed by atoms with Gasteiger partial charge < -0.3 is 19.7 Å². The summed E-state index contributed by atoms with van der Waals surface area (Å²) >= 11 is 0. The Kier molecular flexibility index (Phi) is 4.15. The number of rotatable bonds is 3. The van der Waals surface area contributed by atoms with Crippen LogP contribution in [0.4, 0.5) is 11.5 Å². The first-order chi connectivity index (χ1) is 12.4. The number of piperidine rings is 1. The summed E-state index contributed by atoms with van der Waals surface area (Å²) in [7, 11) is 0. The van der Waals surface area contributed by atoms with Crippen molar-refractivity contribution in [2.75, 3.05) is 24.7 Å². The van der Waals surface area contributed by atoms with Crippen LogP contribution in [0.2, 0.25) is 0 Å². The van der Waals surface area contributed by atoms with Crippen molar-refractivity contribution in [2.45, 2.75) is 38.7 Å². The number of fused-ring (bicyclic) bond motifs is 1. The summed E-state index contributed by atoms with van der Waals surface area (Å²) in [4.78, 5) is 19.8. The number of nitrogens with zero attached hydrogens (tertiary/aromatic N) is 2. The van der Waals surface area contributed by atoms with Crippen LogP contribution in [0.25, 0.3) is 0 Å². The zero-order chi connectivity index (χ0) is 18.3. The number of carbonyl (C=O) groups is 1. The Balaban J connectivity index is 1.56. The lowest BCUT2D eigenvalue weighted by Gasteiger charge is -2.26. The molecule has 3 heterocycles. The Bertz CT molecular complexity index is 799. The predicted molar refractivity (Wildman–Crippen MR) is 99.9 cm³/mol. The Morgan fingerprint density at radius 1 is 1.15 bits per heavy atom. The minimum atomic E-state index is -0.869. The van der Waals surface area contributed by atoms with Gasteiger partial charge in [-0.2, -0.15) is 0 Å². The summed E-state index contributed by atoms with van der Waals surface area (Å²) in [5.41, 5.74) is 1.52. The number of benzene rings is 1. The fraction of sp³-hybridized carbons (Fsp3) is 0.450. The molecule has 2 aromatic rings. The van der Waals surface area contributed by atoms with E-state index in [2.05, 4.69) is 4.98 Å². The molecule has 0 bridgehead atoms. The number of anilines is 2. The van der Waals surface area contributed by atoms with Crippen molar-refractivity contribution < 1.29 is 14.6 Å². The van der Waals surface area contributed by atoms with E-state index >= 15 is 0 Å². The van der Waals surface area contributed by atoms with Gasteiger partial charge in [0.2, 0.25) is 0 Å². The Morgan fingerprint density at radius 2 is 1.85 bits per heavy atom. The molecule has 0 radical (unpaired) electrons. The predicted octanol–water partition coefficient (Wildman–Crippen LogP) is 3.36. The maximum absolute atomic E-state index is 12.7. The smallest absolute Gasteiger partial charge is 0.270 e. The first kappa shape index (κ1) is 17.0. The van der Waals surface area contributed by atoms with E-state index in [-0.39, 0.29) is 5.91 Å². The summed E-state index contributed by atoms with van der Waals surface area (Å²) in [6, 6.07) is 9.54. The zero-order valence-corrected chi connectivity index (χ0v) is 15.3. The molecule has 1 aromatic carbocycles. The van der Waals surface area contributed by atoms with Gasteiger partial charge in [0, 0.05) is 24.8 Å². The van der Waals surface area contributed by atoms with Crippen molar-refractivity contribution in [1.29, 1.82) is 0 Å². The summed E-state index contributed by atoms with van der Waals surface area (Å²) in [5.74, 6) is 1.55. The second-order valence-electron chi connectivity index (χ2n) is 7.56. The zero-order valence-electron chi connectivity index (χ0n) is 15.3. The number of aromatic nitrogens is 1. The van der Waals surface area contributed by atoms with Crippen LogP contribution in [0.3, 0.4) is 0 Å². The third-order valence-corrected chi connectivity index (χ3v) is 5.14. The minimum absolute atomic E-state index is 0.0417. The van der Waals surface area contributed by atoms with Crippen molar-refractivity contribution in [3.63, 3.8) is 0 Å². The van der Waals surface area contributed by atoms with Crippen LogP contribution in [0.15, 0.2) is 30.3 Å². The van der Waals surface area contributed by atoms with Crippen LogP contribution >= 0.6 is 0 Å². The molecule has 1 amide bonds. The molecule has 2 aliphatic heterocycles. The lowest BCUT2D eigenvalue weighted by molar-refractivity contribution is 0.0718. The number of likely N-dealkylation sites (tertiary alicyclic amines) is 1. The van der Waals surface area contributed by atoms with Crippen molar-refractivity contribution in [3.8, 4) is 5.75 Å². The number of hydrogen-bond acceptors (Lipinski definition) is 4. The van der Waals surface area contributed by atoms with Crippen LogP contribution in [0.5, 0.6) is 5.75 Å². The molecule has 1 saturated heterocycles. The van der Waals surface area contributed by atoms with Crippen LogP contribution < -0.4 is 9.64 Å². The van der Waals surface area contributed by atoms with Crippen LogP contribution in [0.1, 0.15) is 49.2 Å². The van der Waals surface area contributed by atoms with Crippen molar-refractivity contribution in [2.24, 2.45) is 0 Å². The molecular weight excluding hydrogens is 330 g/mol. The standard InChI is InChI=1S/C20H25N3O3/c1-20(2,25)14-6-8-15(9-7-14)23-13-26-17-12-16(21-18(17)23)19(24)22-10-4-3-5-11-22/h6-9,12,21,25H,3-5,10-11,13H2,1-2H3. The monoisotopic (exact) mass is 355 g/mol. The van der Waals surface area contributed by atoms with Crippen LogP contribution in [-0.2, 0) is 5.60 Å². The average Bonchev–Trinajstić information content (AvgIpc) is 3.22. The molecule has 1 aromatic heterocycles. The van der Waals surface area contributed by atoms with E-state index in [1.165, 1.54) is 6.42 Å². The second-order valence-corrected chi connectivity index (χ2v) is 7.56. The number of aromatic amines is 1. The maximum Gasteiger partial charge on any atom is 0.270 e. The molecule has 0 saturated carbocycles. The van der Waals surface area contributed by atoms with Gasteiger partial charge in [-0.3, -0.25) is 9.69 Å². The summed E-state index contributed by atoms with van der Waals surface area (Å²) in [6.45, 7) is 5.59. The Labute approximate surface area is 153 Å². The van der Waals surface area contributed by atoms with Crippen molar-refractivity contribution in [3.05, 3.63) is 41.6 Å². The van der Waals surface area contributed by atoms with Crippen molar-refractivity contribution >= 4 is 17.4 Å². The number of ether oxygens (including phenoxy) is 1. The number of hydrogen-bond donors (Lipinski definition) is 2. The molecule has 0 aliphatic carbocycles. The largest absolute Gasteiger partial charge is 0.469 e. The highest BCUT2D eigenvalue weighted by molar-refractivity contribution is 5.94. The van der Waals surface area contributed by atoms with Gasteiger partial charge in [-0.05, 0) is 50.8 Å². The highest BCUT2D eigenvalue weighted by Crippen LogP contribution is 2.39. The maximum atomic E-state index is 12.7. The third kappa shape index (κ3) is 3.05. The Morgan fingerprint density at radius 3 is 2.50 bits per heavy atom. The quantitative estimate of drug-likeness (QED) is 0.886. The molecular formula is C20H25N3O3. The Hall–Kier alpha value is -2.47. The molecule has 2 N–H and O–H groups in total. The fourth-order valence-electron chi connectivity index (χ4n) is 3.57. The summed E-state index contributed by atoms with van der Waals surface area (Å²) in [6.07, 6.45) is 3.34. The molecule has 2 aliphatic rings. The molecule has 4 rings (SSSR count). The normalized spacial score (nSPS) is 17.2. The van der Waals surface area contributed by atoms with Gasteiger partial charge in [-0.25, -0.2) is 0 Å². The number of aliphatic hydroxyl groups is 1. The minimum Gasteiger partial charge on any atom is -0.469 e. The third-order valence-electron chi connectivity index (χ3n) is 5.14. The van der Waals surface area contributed by atoms with Crippen molar-refractivity contribution in [1.82, 2.24) is 9.88 Å². The van der Waals surface area contributed by atoms with E-state index in [1.54, 1.807) is 19.9 Å². The van der Waals surface area contributed by atoms with Crippen LogP contribution in [0, 0.1) is 0 Å². The van der Waals surface area contributed by atoms with Gasteiger partial charge in [0.15, 0.2) is 18.3 Å². The SMILES string of the molecule is CC(C)(O)c1ccc(N2COc3cc(C(=O)N4CCCCC4)[nH]c32)cc1. The first-order valence-electron chi connectivity index (χ1n) is 9.19. The topological polar surface area (TPSA) is 68.8 Å². The lowest BCUT2D eigenvalue weighted by Crippen LogP contribution is -2.35. The molecule has 6 nitrogen and oxygen atoms in total. The van der Waals surface area contributed by atoms with Gasteiger partial charge in [0.25, 0.3) is 5.91 Å². The van der Waals surface area contributed by atoms with E-state index < -0.39 is 5.60 Å². The number of amides is 1. The van der Waals surface area contributed by atoms with E-state index in [1.807, 2.05) is 34.1 Å². The number of carbonyl (C=O) groups excluding carboxylic acids is 1. The van der Waals surface area contributed by atoms with Gasteiger partial charge in [-0.15, -0.1) is 0 Å². The highest BCUT2D eigenvalue weighted by atomic mass is 16.5. The van der Waals surface area contributed by atoms with E-state index in [9.17, 15) is 9.90 Å². The average molecular weight is 355 g/mol. The van der Waals surface area contributed by atoms with E-state index in [0.29, 0.717) is 18.2 Å². The first-order valence-corrected chi connectivity index (χ1v) is 9.19. The molecule has 1 fully saturated rings. The fourth-order valence-corrected chi connectivity index (χ4v) is 3.57. The molecule has 0 unspecified atom stereocenters. The number of nitrogens with one attached hydrogen (secondary N) is 1. The lowest BCUT2D eigenvalue weighted by atomic mass is 9.98. The van der Waals surface area contributed by atoms with E-state index in [0.717, 1.165) is 43.0 Å². The molecule has 0 atom stereocenters. The number of H-pyrrole nitrogens is 1. The van der Waals surface area contributed by atoms with Gasteiger partial charge >= 0.3 is 0 Å². The molecule has 26 heavy (non-hydrogen) atoms. The molecule has 138 valence electrons. The van der Waals surface area contributed by atoms with E-state index in [4.69, 9.17) is 4.74 Å². The van der Waals surface area contributed by atoms with Gasteiger partial charge in [0.1, 0.15) is 5.69 Å². The highest BCUT2D eigenvalue weighted by Gasteiger charge is 2.29. The second kappa shape index (κ2) is 6.36. The van der Waals surface area contributed by atoms with Crippen LogP contribution in [-0.4, -0.2) is 40.7 Å². The van der Waals surface area contributed by atoms with Gasteiger partial charge in [-0.1, -0.05) is 12.1 Å².